The SMILES string of the molecule is O=C(O)C1CC(=O)N(CCc2cc(Cl)ccc2OCCN2CCCCC2)C1. The summed E-state index contributed by atoms with van der Waals surface area (Å²) in [5.41, 5.74) is 0.952. The smallest absolute Gasteiger partial charge is 0.308 e. The molecule has 2 heterocycles. The van der Waals surface area contributed by atoms with E-state index in [-0.39, 0.29) is 18.9 Å². The number of amides is 1. The van der Waals surface area contributed by atoms with Gasteiger partial charge in [0.1, 0.15) is 12.4 Å². The Hall–Kier alpha value is -1.79. The molecule has 2 fully saturated rings. The summed E-state index contributed by atoms with van der Waals surface area (Å²) in [5, 5.41) is 9.73. The van der Waals surface area contributed by atoms with Crippen LogP contribution >= 0.6 is 11.6 Å². The van der Waals surface area contributed by atoms with Crippen LogP contribution in [-0.2, 0) is 16.0 Å². The molecule has 0 radical (unpaired) electrons. The first kappa shape index (κ1) is 20.0. The number of halogens is 1. The molecular formula is C20H27ClN2O4. The summed E-state index contributed by atoms with van der Waals surface area (Å²) in [6.07, 6.45) is 4.51. The first-order valence-corrected chi connectivity index (χ1v) is 10.0. The molecule has 0 spiro atoms. The number of benzene rings is 1. The van der Waals surface area contributed by atoms with Crippen molar-refractivity contribution in [3.05, 3.63) is 28.8 Å². The zero-order valence-electron chi connectivity index (χ0n) is 15.5. The highest BCUT2D eigenvalue weighted by Gasteiger charge is 2.33. The second kappa shape index (κ2) is 9.42. The maximum atomic E-state index is 12.0. The topological polar surface area (TPSA) is 70.1 Å². The molecule has 7 heteroatoms. The van der Waals surface area contributed by atoms with Gasteiger partial charge < -0.3 is 14.7 Å². The van der Waals surface area contributed by atoms with E-state index in [9.17, 15) is 9.59 Å². The van der Waals surface area contributed by atoms with Crippen LogP contribution in [0.2, 0.25) is 5.02 Å². The van der Waals surface area contributed by atoms with E-state index in [0.29, 0.717) is 24.6 Å². The second-order valence-corrected chi connectivity index (χ2v) is 7.77. The Labute approximate surface area is 165 Å². The van der Waals surface area contributed by atoms with Crippen molar-refractivity contribution < 1.29 is 19.4 Å². The number of nitrogens with zero attached hydrogens (tertiary/aromatic N) is 2. The van der Waals surface area contributed by atoms with Crippen molar-refractivity contribution in [3.8, 4) is 5.75 Å². The number of carbonyl (C=O) groups excluding carboxylic acids is 1. The van der Waals surface area contributed by atoms with Crippen LogP contribution in [0.15, 0.2) is 18.2 Å². The molecule has 1 amide bonds. The molecule has 0 aliphatic carbocycles. The van der Waals surface area contributed by atoms with Gasteiger partial charge in [0.2, 0.25) is 5.91 Å². The summed E-state index contributed by atoms with van der Waals surface area (Å²) >= 11 is 6.14. The third kappa shape index (κ3) is 5.59. The minimum atomic E-state index is -0.907. The molecule has 0 saturated carbocycles. The number of hydrogen-bond acceptors (Lipinski definition) is 4. The summed E-state index contributed by atoms with van der Waals surface area (Å²) in [6.45, 7) is 4.56. The van der Waals surface area contributed by atoms with Crippen molar-refractivity contribution in [2.45, 2.75) is 32.1 Å². The molecule has 0 bridgehead atoms. The lowest BCUT2D eigenvalue weighted by Gasteiger charge is -2.26. The average Bonchev–Trinajstić information content (AvgIpc) is 3.03. The molecule has 6 nitrogen and oxygen atoms in total. The predicted molar refractivity (Wildman–Crippen MR) is 103 cm³/mol. The van der Waals surface area contributed by atoms with Crippen LogP contribution in [0.5, 0.6) is 5.75 Å². The molecular weight excluding hydrogens is 368 g/mol. The van der Waals surface area contributed by atoms with Crippen molar-refractivity contribution in [2.24, 2.45) is 5.92 Å². The van der Waals surface area contributed by atoms with Gasteiger partial charge in [-0.3, -0.25) is 14.5 Å². The van der Waals surface area contributed by atoms with Crippen LogP contribution in [0.1, 0.15) is 31.2 Å². The third-order valence-electron chi connectivity index (χ3n) is 5.35. The van der Waals surface area contributed by atoms with E-state index in [0.717, 1.165) is 30.9 Å². The lowest BCUT2D eigenvalue weighted by atomic mass is 10.1. The fraction of sp³-hybridized carbons (Fsp3) is 0.600. The first-order valence-electron chi connectivity index (χ1n) is 9.67. The van der Waals surface area contributed by atoms with Crippen molar-refractivity contribution >= 4 is 23.5 Å². The molecule has 2 aliphatic rings. The monoisotopic (exact) mass is 394 g/mol. The number of carboxylic acid groups (broad SMARTS) is 1. The molecule has 1 unspecified atom stereocenters. The summed E-state index contributed by atoms with van der Waals surface area (Å²) in [4.78, 5) is 27.2. The van der Waals surface area contributed by atoms with Gasteiger partial charge in [-0.05, 0) is 56.1 Å². The van der Waals surface area contributed by atoms with Crippen LogP contribution in [-0.4, -0.2) is 66.1 Å². The van der Waals surface area contributed by atoms with Crippen molar-refractivity contribution in [3.63, 3.8) is 0 Å². The quantitative estimate of drug-likeness (QED) is 0.734. The third-order valence-corrected chi connectivity index (χ3v) is 5.59. The van der Waals surface area contributed by atoms with Gasteiger partial charge in [0.05, 0.1) is 5.92 Å². The maximum absolute atomic E-state index is 12.0. The van der Waals surface area contributed by atoms with Gasteiger partial charge in [-0.1, -0.05) is 18.0 Å². The molecule has 0 aromatic heterocycles. The number of likely N-dealkylation sites (tertiary alicyclic amines) is 2. The van der Waals surface area contributed by atoms with Gasteiger partial charge in [-0.25, -0.2) is 0 Å². The Morgan fingerprint density at radius 2 is 2.00 bits per heavy atom. The fourth-order valence-electron chi connectivity index (χ4n) is 3.76. The Bertz CT molecular complexity index is 676. The number of ether oxygens (including phenoxy) is 1. The van der Waals surface area contributed by atoms with Gasteiger partial charge in [0.15, 0.2) is 0 Å². The second-order valence-electron chi connectivity index (χ2n) is 7.33. The van der Waals surface area contributed by atoms with Crippen LogP contribution in [0, 0.1) is 5.92 Å². The lowest BCUT2D eigenvalue weighted by molar-refractivity contribution is -0.141. The summed E-state index contributed by atoms with van der Waals surface area (Å²) < 4.78 is 6.00. The zero-order chi connectivity index (χ0) is 19.2. The number of aliphatic carboxylic acids is 1. The molecule has 1 aromatic rings. The largest absolute Gasteiger partial charge is 0.492 e. The zero-order valence-corrected chi connectivity index (χ0v) is 16.3. The van der Waals surface area contributed by atoms with Crippen molar-refractivity contribution in [1.29, 1.82) is 0 Å². The fourth-order valence-corrected chi connectivity index (χ4v) is 3.96. The van der Waals surface area contributed by atoms with Crippen LogP contribution in [0.3, 0.4) is 0 Å². The Kier molecular flexibility index (Phi) is 6.96. The Balaban J connectivity index is 1.54. The maximum Gasteiger partial charge on any atom is 0.308 e. The number of carboxylic acids is 1. The number of carbonyl (C=O) groups is 2. The summed E-state index contributed by atoms with van der Waals surface area (Å²) in [6, 6.07) is 5.55. The Morgan fingerprint density at radius 3 is 2.70 bits per heavy atom. The van der Waals surface area contributed by atoms with E-state index in [1.54, 1.807) is 4.90 Å². The van der Waals surface area contributed by atoms with Gasteiger partial charge >= 0.3 is 5.97 Å². The van der Waals surface area contributed by atoms with E-state index in [1.165, 1.54) is 19.3 Å². The van der Waals surface area contributed by atoms with Crippen LogP contribution in [0.25, 0.3) is 0 Å². The number of piperidine rings is 1. The molecule has 1 aromatic carbocycles. The molecule has 27 heavy (non-hydrogen) atoms. The average molecular weight is 395 g/mol. The minimum absolute atomic E-state index is 0.0874. The lowest BCUT2D eigenvalue weighted by Crippen LogP contribution is -2.33. The molecule has 2 saturated heterocycles. The minimum Gasteiger partial charge on any atom is -0.492 e. The molecule has 148 valence electrons. The molecule has 3 rings (SSSR count). The standard InChI is InChI=1S/C20H27ClN2O4/c21-17-4-5-18(27-11-10-22-7-2-1-3-8-22)15(12-17)6-9-23-14-16(20(25)26)13-19(23)24/h4-5,12,16H,1-3,6-11,13-14H2,(H,25,26). The number of rotatable bonds is 8. The molecule has 2 aliphatic heterocycles. The van der Waals surface area contributed by atoms with Gasteiger partial charge in [-0.15, -0.1) is 0 Å². The highest BCUT2D eigenvalue weighted by atomic mass is 35.5. The van der Waals surface area contributed by atoms with E-state index >= 15 is 0 Å². The van der Waals surface area contributed by atoms with Gasteiger partial charge in [0, 0.05) is 31.1 Å². The predicted octanol–water partition coefficient (Wildman–Crippen LogP) is 2.68. The normalized spacial score (nSPS) is 20.9. The Morgan fingerprint density at radius 1 is 1.22 bits per heavy atom. The summed E-state index contributed by atoms with van der Waals surface area (Å²) in [5.74, 6) is -0.817. The van der Waals surface area contributed by atoms with Crippen LogP contribution in [0.4, 0.5) is 0 Å². The van der Waals surface area contributed by atoms with E-state index in [2.05, 4.69) is 4.90 Å². The number of hydrogen-bond donors (Lipinski definition) is 1. The van der Waals surface area contributed by atoms with Gasteiger partial charge in [-0.2, -0.15) is 0 Å². The van der Waals surface area contributed by atoms with E-state index in [1.807, 2.05) is 18.2 Å². The van der Waals surface area contributed by atoms with Crippen molar-refractivity contribution in [1.82, 2.24) is 9.80 Å². The molecule has 1 atom stereocenters. The van der Waals surface area contributed by atoms with Crippen molar-refractivity contribution in [2.75, 3.05) is 39.3 Å². The first-order chi connectivity index (χ1) is 13.0. The molecule has 1 N–H and O–H groups in total. The van der Waals surface area contributed by atoms with E-state index < -0.39 is 11.9 Å². The summed E-state index contributed by atoms with van der Waals surface area (Å²) in [7, 11) is 0. The van der Waals surface area contributed by atoms with E-state index in [4.69, 9.17) is 21.4 Å². The highest BCUT2D eigenvalue weighted by molar-refractivity contribution is 6.30. The van der Waals surface area contributed by atoms with Gasteiger partial charge in [0.25, 0.3) is 0 Å². The highest BCUT2D eigenvalue weighted by Crippen LogP contribution is 2.25. The van der Waals surface area contributed by atoms with Crippen LogP contribution < -0.4 is 4.74 Å².